The topological polar surface area (TPSA) is 63.5 Å². The van der Waals surface area contributed by atoms with Gasteiger partial charge in [-0.15, -0.1) is 0 Å². The fourth-order valence-electron chi connectivity index (χ4n) is 3.51. The summed E-state index contributed by atoms with van der Waals surface area (Å²) in [6.45, 7) is 3.77. The van der Waals surface area contributed by atoms with Gasteiger partial charge in [0.25, 0.3) is 0 Å². The predicted molar refractivity (Wildman–Crippen MR) is 118 cm³/mol. The van der Waals surface area contributed by atoms with Crippen molar-refractivity contribution in [3.05, 3.63) is 78.1 Å². The van der Waals surface area contributed by atoms with Crippen LogP contribution in [0.1, 0.15) is 22.2 Å². The van der Waals surface area contributed by atoms with Crippen molar-refractivity contribution < 1.29 is 9.53 Å². The predicted octanol–water partition coefficient (Wildman–Crippen LogP) is 3.15. The lowest BCUT2D eigenvalue weighted by molar-refractivity contribution is 0.108. The second kappa shape index (κ2) is 9.32. The second-order valence-corrected chi connectivity index (χ2v) is 7.88. The van der Waals surface area contributed by atoms with Crippen LogP contribution in [0.2, 0.25) is 0 Å². The molecular formula is C22H25N5O2S. The van der Waals surface area contributed by atoms with Gasteiger partial charge in [0.2, 0.25) is 0 Å². The van der Waals surface area contributed by atoms with E-state index < -0.39 is 0 Å². The van der Waals surface area contributed by atoms with E-state index in [-0.39, 0.29) is 11.3 Å². The monoisotopic (exact) mass is 423 g/mol. The van der Waals surface area contributed by atoms with Gasteiger partial charge >= 0.3 is 6.09 Å². The van der Waals surface area contributed by atoms with E-state index >= 15 is 0 Å². The molecule has 1 saturated heterocycles. The molecule has 3 aromatic rings. The fourth-order valence-corrected chi connectivity index (χ4v) is 3.93. The standard InChI is InChI=1S/C22H25N5O2S/c1-25-10-9-24-21(25)20(30)18-4-6-19(7-5-18)29-22(28)27-13-11-26(12-14-27)16-17-3-2-8-23-15-17/h2-10,15,20,30H,11-14,16H2,1H3. The smallest absolute Gasteiger partial charge is 0.410 e. The van der Waals surface area contributed by atoms with Crippen LogP contribution in [0.5, 0.6) is 5.75 Å². The first kappa shape index (κ1) is 20.4. The summed E-state index contributed by atoms with van der Waals surface area (Å²) in [4.78, 5) is 25.1. The van der Waals surface area contributed by atoms with Crippen molar-refractivity contribution in [2.24, 2.45) is 7.05 Å². The number of thiol groups is 1. The number of ether oxygens (including phenoxy) is 1. The molecule has 0 saturated carbocycles. The summed E-state index contributed by atoms with van der Waals surface area (Å²) in [5.41, 5.74) is 2.18. The van der Waals surface area contributed by atoms with Crippen LogP contribution in [0.3, 0.4) is 0 Å². The van der Waals surface area contributed by atoms with Gasteiger partial charge in [0.1, 0.15) is 11.6 Å². The zero-order valence-electron chi connectivity index (χ0n) is 16.9. The average molecular weight is 424 g/mol. The van der Waals surface area contributed by atoms with Gasteiger partial charge < -0.3 is 14.2 Å². The van der Waals surface area contributed by atoms with E-state index in [1.807, 2.05) is 42.2 Å². The van der Waals surface area contributed by atoms with Crippen LogP contribution in [0.25, 0.3) is 0 Å². The first-order valence-corrected chi connectivity index (χ1v) is 10.4. The number of nitrogens with zero attached hydrogens (tertiary/aromatic N) is 5. The Hall–Kier alpha value is -2.84. The van der Waals surface area contributed by atoms with Crippen molar-refractivity contribution in [3.63, 3.8) is 0 Å². The molecular weight excluding hydrogens is 398 g/mol. The van der Waals surface area contributed by atoms with Crippen LogP contribution in [0.4, 0.5) is 4.79 Å². The number of amides is 1. The van der Waals surface area contributed by atoms with Crippen molar-refractivity contribution in [3.8, 4) is 5.75 Å². The molecule has 8 heteroatoms. The number of piperazine rings is 1. The van der Waals surface area contributed by atoms with Gasteiger partial charge in [-0.1, -0.05) is 18.2 Å². The zero-order valence-corrected chi connectivity index (χ0v) is 17.8. The molecule has 30 heavy (non-hydrogen) atoms. The highest BCUT2D eigenvalue weighted by atomic mass is 32.1. The number of aryl methyl sites for hydroxylation is 1. The Morgan fingerprint density at radius 3 is 2.53 bits per heavy atom. The fraction of sp³-hybridized carbons (Fsp3) is 0.318. The van der Waals surface area contributed by atoms with E-state index in [0.717, 1.165) is 31.0 Å². The van der Waals surface area contributed by atoms with Crippen molar-refractivity contribution in [1.29, 1.82) is 0 Å². The largest absolute Gasteiger partial charge is 0.415 e. The van der Waals surface area contributed by atoms with Crippen molar-refractivity contribution >= 4 is 18.7 Å². The molecule has 4 rings (SSSR count). The number of hydrogen-bond acceptors (Lipinski definition) is 6. The number of aromatic nitrogens is 3. The van der Waals surface area contributed by atoms with E-state index in [4.69, 9.17) is 4.74 Å². The Morgan fingerprint density at radius 1 is 1.13 bits per heavy atom. The van der Waals surface area contributed by atoms with Gasteiger partial charge in [-0.2, -0.15) is 12.6 Å². The number of carbonyl (C=O) groups is 1. The zero-order chi connectivity index (χ0) is 20.9. The summed E-state index contributed by atoms with van der Waals surface area (Å²) >= 11 is 4.67. The number of benzene rings is 1. The third-order valence-electron chi connectivity index (χ3n) is 5.26. The molecule has 1 amide bonds. The number of rotatable bonds is 5. The molecule has 0 aliphatic carbocycles. The molecule has 0 spiro atoms. The summed E-state index contributed by atoms with van der Waals surface area (Å²) in [6.07, 6.45) is 7.00. The summed E-state index contributed by atoms with van der Waals surface area (Å²) in [7, 11) is 1.94. The molecule has 1 aromatic carbocycles. The number of imidazole rings is 1. The summed E-state index contributed by atoms with van der Waals surface area (Å²) < 4.78 is 7.51. The number of hydrogen-bond donors (Lipinski definition) is 1. The highest BCUT2D eigenvalue weighted by Crippen LogP contribution is 2.28. The van der Waals surface area contributed by atoms with Gasteiger partial charge in [0, 0.05) is 64.6 Å². The van der Waals surface area contributed by atoms with E-state index in [9.17, 15) is 4.79 Å². The highest BCUT2D eigenvalue weighted by molar-refractivity contribution is 7.80. The second-order valence-electron chi connectivity index (χ2n) is 7.36. The molecule has 156 valence electrons. The van der Waals surface area contributed by atoms with Gasteiger partial charge in [-0.3, -0.25) is 9.88 Å². The lowest BCUT2D eigenvalue weighted by Crippen LogP contribution is -2.49. The summed E-state index contributed by atoms with van der Waals surface area (Å²) in [6, 6.07) is 11.5. The maximum atomic E-state index is 12.5. The van der Waals surface area contributed by atoms with Crippen LogP contribution < -0.4 is 4.74 Å². The molecule has 1 aliphatic rings. The van der Waals surface area contributed by atoms with Crippen LogP contribution >= 0.6 is 12.6 Å². The Balaban J connectivity index is 1.28. The van der Waals surface area contributed by atoms with E-state index in [0.29, 0.717) is 18.8 Å². The molecule has 3 heterocycles. The Labute approximate surface area is 181 Å². The number of pyridine rings is 1. The minimum absolute atomic E-state index is 0.136. The third-order valence-corrected chi connectivity index (χ3v) is 5.79. The van der Waals surface area contributed by atoms with E-state index in [2.05, 4.69) is 33.6 Å². The Morgan fingerprint density at radius 2 is 1.90 bits per heavy atom. The minimum atomic E-state index is -0.310. The molecule has 2 aromatic heterocycles. The highest BCUT2D eigenvalue weighted by Gasteiger charge is 2.23. The van der Waals surface area contributed by atoms with E-state index in [1.165, 1.54) is 5.56 Å². The molecule has 0 radical (unpaired) electrons. The molecule has 1 aliphatic heterocycles. The van der Waals surface area contributed by atoms with Gasteiger partial charge in [-0.05, 0) is 29.3 Å². The quantitative estimate of drug-likeness (QED) is 0.639. The van der Waals surface area contributed by atoms with Gasteiger partial charge in [0.15, 0.2) is 0 Å². The Bertz CT molecular complexity index is 969. The van der Waals surface area contributed by atoms with E-state index in [1.54, 1.807) is 29.4 Å². The van der Waals surface area contributed by atoms with Crippen LogP contribution in [-0.4, -0.2) is 56.6 Å². The molecule has 0 bridgehead atoms. The normalized spacial score (nSPS) is 15.7. The lowest BCUT2D eigenvalue weighted by atomic mass is 10.1. The summed E-state index contributed by atoms with van der Waals surface area (Å²) in [5.74, 6) is 1.40. The molecule has 1 atom stereocenters. The van der Waals surface area contributed by atoms with Gasteiger partial charge in [0.05, 0.1) is 5.25 Å². The van der Waals surface area contributed by atoms with Crippen LogP contribution in [0.15, 0.2) is 61.2 Å². The van der Waals surface area contributed by atoms with Gasteiger partial charge in [-0.25, -0.2) is 9.78 Å². The third kappa shape index (κ3) is 4.83. The molecule has 0 N–H and O–H groups in total. The number of carbonyl (C=O) groups excluding carboxylic acids is 1. The minimum Gasteiger partial charge on any atom is -0.410 e. The summed E-state index contributed by atoms with van der Waals surface area (Å²) in [5, 5.41) is -0.136. The first-order chi connectivity index (χ1) is 14.6. The average Bonchev–Trinajstić information content (AvgIpc) is 3.21. The molecule has 1 unspecified atom stereocenters. The maximum Gasteiger partial charge on any atom is 0.415 e. The van der Waals surface area contributed by atoms with Crippen molar-refractivity contribution in [2.45, 2.75) is 11.8 Å². The molecule has 1 fully saturated rings. The van der Waals surface area contributed by atoms with Crippen molar-refractivity contribution in [1.82, 2.24) is 24.3 Å². The lowest BCUT2D eigenvalue weighted by Gasteiger charge is -2.33. The maximum absolute atomic E-state index is 12.5. The molecule has 7 nitrogen and oxygen atoms in total. The van der Waals surface area contributed by atoms with Crippen molar-refractivity contribution in [2.75, 3.05) is 26.2 Å². The first-order valence-electron chi connectivity index (χ1n) is 9.93. The SMILES string of the molecule is Cn1ccnc1C(S)c1ccc(OC(=O)N2CCN(Cc3cccnc3)CC2)cc1. The van der Waals surface area contributed by atoms with Crippen LogP contribution in [0, 0.1) is 0 Å². The van der Waals surface area contributed by atoms with Crippen LogP contribution in [-0.2, 0) is 13.6 Å². The Kier molecular flexibility index (Phi) is 6.35.